The third kappa shape index (κ3) is 4.91. The summed E-state index contributed by atoms with van der Waals surface area (Å²) in [5.41, 5.74) is 0.648. The molecule has 0 aliphatic carbocycles. The van der Waals surface area contributed by atoms with E-state index in [0.29, 0.717) is 18.7 Å². The summed E-state index contributed by atoms with van der Waals surface area (Å²) in [5, 5.41) is 3.05. The van der Waals surface area contributed by atoms with Crippen LogP contribution in [0.5, 0.6) is 0 Å². The normalized spacial score (nSPS) is 17.9. The van der Waals surface area contributed by atoms with Gasteiger partial charge in [-0.15, -0.1) is 0 Å². The Labute approximate surface area is 140 Å². The van der Waals surface area contributed by atoms with Crippen molar-refractivity contribution in [2.75, 3.05) is 33.7 Å². The van der Waals surface area contributed by atoms with Crippen molar-refractivity contribution in [3.63, 3.8) is 0 Å². The van der Waals surface area contributed by atoms with Crippen LogP contribution in [0.25, 0.3) is 0 Å². The number of hydrogen-bond acceptors (Lipinski definition) is 3. The molecule has 0 bridgehead atoms. The highest BCUT2D eigenvalue weighted by Crippen LogP contribution is 2.19. The van der Waals surface area contributed by atoms with Gasteiger partial charge in [-0.3, -0.25) is 9.59 Å². The zero-order chi connectivity index (χ0) is 17.0. The summed E-state index contributed by atoms with van der Waals surface area (Å²) in [6, 6.07) is 4.06. The van der Waals surface area contributed by atoms with Crippen molar-refractivity contribution in [1.82, 2.24) is 15.1 Å². The van der Waals surface area contributed by atoms with E-state index < -0.39 is 5.82 Å². The van der Waals surface area contributed by atoms with Crippen LogP contribution in [0.4, 0.5) is 4.39 Å². The maximum absolute atomic E-state index is 13.0. The van der Waals surface area contributed by atoms with E-state index >= 15 is 0 Å². The Bertz CT molecular complexity index is 595. The molecular formula is C16H21ClFN3O2. The molecule has 5 nitrogen and oxygen atoms in total. The van der Waals surface area contributed by atoms with Gasteiger partial charge in [0.2, 0.25) is 11.8 Å². The summed E-state index contributed by atoms with van der Waals surface area (Å²) in [7, 11) is 3.88. The molecule has 0 unspecified atom stereocenters. The summed E-state index contributed by atoms with van der Waals surface area (Å²) in [5.74, 6) is -0.926. The zero-order valence-electron chi connectivity index (χ0n) is 13.3. The SMILES string of the molecule is CN(C)CCN1C[C@@H](C(=O)NCc2ccc(F)cc2Cl)CC1=O. The first-order valence-corrected chi connectivity index (χ1v) is 7.88. The minimum atomic E-state index is -0.414. The second-order valence-corrected chi connectivity index (χ2v) is 6.40. The summed E-state index contributed by atoms with van der Waals surface area (Å²) >= 11 is 5.93. The number of hydrogen-bond donors (Lipinski definition) is 1. The molecule has 1 aromatic carbocycles. The summed E-state index contributed by atoms with van der Waals surface area (Å²) < 4.78 is 13.0. The highest BCUT2D eigenvalue weighted by molar-refractivity contribution is 6.31. The molecule has 1 N–H and O–H groups in total. The molecule has 1 atom stereocenters. The van der Waals surface area contributed by atoms with E-state index in [4.69, 9.17) is 11.6 Å². The number of amides is 2. The molecule has 1 saturated heterocycles. The smallest absolute Gasteiger partial charge is 0.225 e. The first-order chi connectivity index (χ1) is 10.9. The topological polar surface area (TPSA) is 52.6 Å². The van der Waals surface area contributed by atoms with Gasteiger partial charge in [0.15, 0.2) is 0 Å². The number of likely N-dealkylation sites (N-methyl/N-ethyl adjacent to an activating group) is 1. The molecule has 2 amide bonds. The lowest BCUT2D eigenvalue weighted by atomic mass is 10.1. The maximum Gasteiger partial charge on any atom is 0.225 e. The molecule has 1 fully saturated rings. The molecule has 1 aliphatic rings. The fourth-order valence-electron chi connectivity index (χ4n) is 2.48. The number of benzene rings is 1. The molecule has 23 heavy (non-hydrogen) atoms. The van der Waals surface area contributed by atoms with Crippen LogP contribution < -0.4 is 5.32 Å². The van der Waals surface area contributed by atoms with Crippen LogP contribution >= 0.6 is 11.6 Å². The lowest BCUT2D eigenvalue weighted by molar-refractivity contribution is -0.129. The summed E-state index contributed by atoms with van der Waals surface area (Å²) in [6.45, 7) is 2.06. The monoisotopic (exact) mass is 341 g/mol. The number of rotatable bonds is 6. The number of carbonyl (C=O) groups excluding carboxylic acids is 2. The molecule has 0 saturated carbocycles. The van der Waals surface area contributed by atoms with E-state index in [1.807, 2.05) is 19.0 Å². The lowest BCUT2D eigenvalue weighted by Gasteiger charge is -2.19. The third-order valence-corrected chi connectivity index (χ3v) is 4.22. The van der Waals surface area contributed by atoms with Gasteiger partial charge in [-0.25, -0.2) is 4.39 Å². The molecule has 0 radical (unpaired) electrons. The first-order valence-electron chi connectivity index (χ1n) is 7.51. The van der Waals surface area contributed by atoms with E-state index in [2.05, 4.69) is 5.32 Å². The van der Waals surface area contributed by atoms with Crippen LogP contribution in [0, 0.1) is 11.7 Å². The average Bonchev–Trinajstić information content (AvgIpc) is 2.85. The van der Waals surface area contributed by atoms with Crippen molar-refractivity contribution in [2.24, 2.45) is 5.92 Å². The molecular weight excluding hydrogens is 321 g/mol. The number of nitrogens with zero attached hydrogens (tertiary/aromatic N) is 2. The molecule has 126 valence electrons. The van der Waals surface area contributed by atoms with E-state index in [0.717, 1.165) is 6.54 Å². The molecule has 0 aromatic heterocycles. The van der Waals surface area contributed by atoms with Gasteiger partial charge in [-0.05, 0) is 31.8 Å². The Balaban J connectivity index is 1.85. The summed E-state index contributed by atoms with van der Waals surface area (Å²) in [4.78, 5) is 27.9. The van der Waals surface area contributed by atoms with Gasteiger partial charge in [0.25, 0.3) is 0 Å². The van der Waals surface area contributed by atoms with Gasteiger partial charge < -0.3 is 15.1 Å². The van der Waals surface area contributed by atoms with Gasteiger partial charge in [0.1, 0.15) is 5.82 Å². The first kappa shape index (κ1) is 17.7. The average molecular weight is 342 g/mol. The number of likely N-dealkylation sites (tertiary alicyclic amines) is 1. The third-order valence-electron chi connectivity index (χ3n) is 3.87. The predicted octanol–water partition coefficient (Wildman–Crippen LogP) is 1.51. The number of carbonyl (C=O) groups is 2. The van der Waals surface area contributed by atoms with Crippen LogP contribution in [-0.4, -0.2) is 55.3 Å². The Morgan fingerprint density at radius 1 is 1.48 bits per heavy atom. The highest BCUT2D eigenvalue weighted by atomic mass is 35.5. The Morgan fingerprint density at radius 2 is 2.22 bits per heavy atom. The van der Waals surface area contributed by atoms with Gasteiger partial charge in [0, 0.05) is 37.6 Å². The Morgan fingerprint density at radius 3 is 2.87 bits per heavy atom. The fraction of sp³-hybridized carbons (Fsp3) is 0.500. The van der Waals surface area contributed by atoms with Crippen LogP contribution in [0.2, 0.25) is 5.02 Å². The zero-order valence-corrected chi connectivity index (χ0v) is 14.1. The lowest BCUT2D eigenvalue weighted by Crippen LogP contribution is -2.35. The predicted molar refractivity (Wildman–Crippen MR) is 86.5 cm³/mol. The molecule has 0 spiro atoms. The van der Waals surface area contributed by atoms with Crippen molar-refractivity contribution in [3.05, 3.63) is 34.6 Å². The molecule has 2 rings (SSSR count). The van der Waals surface area contributed by atoms with Gasteiger partial charge in [-0.1, -0.05) is 17.7 Å². The highest BCUT2D eigenvalue weighted by Gasteiger charge is 2.33. The van der Waals surface area contributed by atoms with Crippen LogP contribution in [0.1, 0.15) is 12.0 Å². The number of halogens is 2. The molecule has 1 aliphatic heterocycles. The standard InChI is InChI=1S/C16H21ClFN3O2/c1-20(2)5-6-21-10-12(7-15(21)22)16(23)19-9-11-3-4-13(18)8-14(11)17/h3-4,8,12H,5-7,9-10H2,1-2H3,(H,19,23)/t12-/m0/s1. The minimum Gasteiger partial charge on any atom is -0.352 e. The Hall–Kier alpha value is -1.66. The van der Waals surface area contributed by atoms with Gasteiger partial charge in [-0.2, -0.15) is 0 Å². The fourth-order valence-corrected chi connectivity index (χ4v) is 2.71. The largest absolute Gasteiger partial charge is 0.352 e. The van der Waals surface area contributed by atoms with Crippen LogP contribution in [0.15, 0.2) is 18.2 Å². The summed E-state index contributed by atoms with van der Waals surface area (Å²) in [6.07, 6.45) is 0.233. The molecule has 7 heteroatoms. The molecule has 1 aromatic rings. The van der Waals surface area contributed by atoms with Crippen molar-refractivity contribution in [1.29, 1.82) is 0 Å². The minimum absolute atomic E-state index is 0.00631. The van der Waals surface area contributed by atoms with Gasteiger partial charge in [0.05, 0.1) is 5.92 Å². The number of nitrogens with one attached hydrogen (secondary N) is 1. The quantitative estimate of drug-likeness (QED) is 0.853. The van der Waals surface area contributed by atoms with Crippen molar-refractivity contribution >= 4 is 23.4 Å². The second kappa shape index (κ2) is 7.75. The van der Waals surface area contributed by atoms with Crippen molar-refractivity contribution < 1.29 is 14.0 Å². The Kier molecular flexibility index (Phi) is 5.96. The van der Waals surface area contributed by atoms with E-state index in [-0.39, 0.29) is 35.7 Å². The van der Waals surface area contributed by atoms with E-state index in [1.165, 1.54) is 12.1 Å². The van der Waals surface area contributed by atoms with Crippen LogP contribution in [-0.2, 0) is 16.1 Å². The van der Waals surface area contributed by atoms with Crippen LogP contribution in [0.3, 0.4) is 0 Å². The second-order valence-electron chi connectivity index (χ2n) is 6.00. The van der Waals surface area contributed by atoms with E-state index in [9.17, 15) is 14.0 Å². The van der Waals surface area contributed by atoms with Gasteiger partial charge >= 0.3 is 0 Å². The van der Waals surface area contributed by atoms with Crippen molar-refractivity contribution in [3.8, 4) is 0 Å². The maximum atomic E-state index is 13.0. The van der Waals surface area contributed by atoms with E-state index in [1.54, 1.807) is 11.0 Å². The van der Waals surface area contributed by atoms with Crippen molar-refractivity contribution in [2.45, 2.75) is 13.0 Å². The molecule has 1 heterocycles.